The molecule has 12 heteroatoms. The molecule has 222 valence electrons. The SMILES string of the molecule is CC(C)C[C@H](NC(=O)c1ccc(CC(=O)O)cc1)C(=O)NCC(=O)CNS(=O)(=O)c1ccc(Oc2ccccc2)cc1. The number of Topliss-reactive ketones (excluding diaryl/α,β-unsaturated/α-hetero) is 1. The molecular formula is C30H33N3O8S. The first-order valence-corrected chi connectivity index (χ1v) is 14.6. The lowest BCUT2D eigenvalue weighted by molar-refractivity contribution is -0.136. The third-order valence-electron chi connectivity index (χ3n) is 5.93. The molecule has 0 heterocycles. The first-order valence-electron chi connectivity index (χ1n) is 13.2. The molecule has 0 radical (unpaired) electrons. The minimum Gasteiger partial charge on any atom is -0.481 e. The van der Waals surface area contributed by atoms with E-state index in [0.717, 1.165) is 0 Å². The Hall–Kier alpha value is -4.55. The number of ketones is 1. The maximum Gasteiger partial charge on any atom is 0.307 e. The third-order valence-corrected chi connectivity index (χ3v) is 7.35. The van der Waals surface area contributed by atoms with Gasteiger partial charge < -0.3 is 20.5 Å². The van der Waals surface area contributed by atoms with E-state index in [1.807, 2.05) is 32.0 Å². The topological polar surface area (TPSA) is 168 Å². The van der Waals surface area contributed by atoms with Gasteiger partial charge in [0.15, 0.2) is 5.78 Å². The van der Waals surface area contributed by atoms with Crippen molar-refractivity contribution in [2.45, 2.75) is 37.6 Å². The summed E-state index contributed by atoms with van der Waals surface area (Å²) in [5.74, 6) is -1.63. The van der Waals surface area contributed by atoms with Crippen LogP contribution in [0.3, 0.4) is 0 Å². The van der Waals surface area contributed by atoms with Crippen LogP contribution in [-0.4, -0.2) is 56.2 Å². The summed E-state index contributed by atoms with van der Waals surface area (Å²) in [5, 5.41) is 14.0. The summed E-state index contributed by atoms with van der Waals surface area (Å²) < 4.78 is 33.1. The van der Waals surface area contributed by atoms with E-state index in [2.05, 4.69) is 15.4 Å². The minimum atomic E-state index is -4.00. The summed E-state index contributed by atoms with van der Waals surface area (Å²) in [5.41, 5.74) is 0.773. The molecule has 0 aliphatic carbocycles. The van der Waals surface area contributed by atoms with Gasteiger partial charge in [0.2, 0.25) is 15.9 Å². The maximum absolute atomic E-state index is 12.8. The zero-order valence-electron chi connectivity index (χ0n) is 23.2. The highest BCUT2D eigenvalue weighted by atomic mass is 32.2. The number of carbonyl (C=O) groups is 4. The lowest BCUT2D eigenvalue weighted by Gasteiger charge is -2.20. The highest BCUT2D eigenvalue weighted by Gasteiger charge is 2.23. The number of carboxylic acid groups (broad SMARTS) is 1. The summed E-state index contributed by atoms with van der Waals surface area (Å²) >= 11 is 0. The fourth-order valence-corrected chi connectivity index (χ4v) is 4.85. The van der Waals surface area contributed by atoms with Gasteiger partial charge in [-0.25, -0.2) is 13.1 Å². The molecule has 0 bridgehead atoms. The predicted molar refractivity (Wildman–Crippen MR) is 155 cm³/mol. The first kappa shape index (κ1) is 32.0. The normalized spacial score (nSPS) is 11.9. The molecule has 0 spiro atoms. The second-order valence-electron chi connectivity index (χ2n) is 9.89. The molecule has 0 unspecified atom stereocenters. The van der Waals surface area contributed by atoms with Crippen molar-refractivity contribution in [3.05, 3.63) is 90.0 Å². The molecule has 3 rings (SSSR count). The van der Waals surface area contributed by atoms with Crippen LogP contribution in [0.25, 0.3) is 0 Å². The zero-order chi connectivity index (χ0) is 30.7. The van der Waals surface area contributed by atoms with E-state index in [4.69, 9.17) is 9.84 Å². The van der Waals surface area contributed by atoms with Gasteiger partial charge >= 0.3 is 5.97 Å². The van der Waals surface area contributed by atoms with Crippen LogP contribution in [0.5, 0.6) is 11.5 Å². The minimum absolute atomic E-state index is 0.0333. The number of ether oxygens (including phenoxy) is 1. The summed E-state index contributed by atoms with van der Waals surface area (Å²) in [4.78, 5) is 48.7. The number of carboxylic acids is 1. The quantitative estimate of drug-likeness (QED) is 0.208. The Balaban J connectivity index is 1.51. The van der Waals surface area contributed by atoms with Crippen molar-refractivity contribution in [3.63, 3.8) is 0 Å². The Kier molecular flexibility index (Phi) is 11.3. The molecule has 0 aliphatic heterocycles. The number of hydrogen-bond acceptors (Lipinski definition) is 7. The fourth-order valence-electron chi connectivity index (χ4n) is 3.83. The fraction of sp³-hybridized carbons (Fsp3) is 0.267. The van der Waals surface area contributed by atoms with Crippen LogP contribution in [0.4, 0.5) is 0 Å². The van der Waals surface area contributed by atoms with Crippen LogP contribution in [0, 0.1) is 5.92 Å². The van der Waals surface area contributed by atoms with Gasteiger partial charge in [0, 0.05) is 5.56 Å². The van der Waals surface area contributed by atoms with E-state index in [1.165, 1.54) is 48.5 Å². The van der Waals surface area contributed by atoms with Gasteiger partial charge in [0.05, 0.1) is 24.4 Å². The zero-order valence-corrected chi connectivity index (χ0v) is 24.0. The van der Waals surface area contributed by atoms with Crippen molar-refractivity contribution in [1.29, 1.82) is 0 Å². The number of hydrogen-bond donors (Lipinski definition) is 4. The first-order chi connectivity index (χ1) is 19.9. The largest absolute Gasteiger partial charge is 0.481 e. The van der Waals surface area contributed by atoms with Crippen LogP contribution in [0.15, 0.2) is 83.8 Å². The van der Waals surface area contributed by atoms with Gasteiger partial charge in [-0.05, 0) is 66.4 Å². The van der Waals surface area contributed by atoms with Crippen LogP contribution >= 0.6 is 0 Å². The number of nitrogens with one attached hydrogen (secondary N) is 3. The van der Waals surface area contributed by atoms with Crippen molar-refractivity contribution >= 4 is 33.6 Å². The second kappa shape index (κ2) is 14.9. The molecule has 0 saturated heterocycles. The van der Waals surface area contributed by atoms with Crippen molar-refractivity contribution in [2.75, 3.05) is 13.1 Å². The molecule has 3 aromatic rings. The van der Waals surface area contributed by atoms with Crippen molar-refractivity contribution in [2.24, 2.45) is 5.92 Å². The molecule has 42 heavy (non-hydrogen) atoms. The van der Waals surface area contributed by atoms with E-state index < -0.39 is 52.7 Å². The van der Waals surface area contributed by atoms with Crippen LogP contribution in [0.1, 0.15) is 36.2 Å². The Morgan fingerprint density at radius 1 is 0.833 bits per heavy atom. The molecule has 11 nitrogen and oxygen atoms in total. The maximum atomic E-state index is 12.8. The predicted octanol–water partition coefficient (Wildman–Crippen LogP) is 2.91. The molecular weight excluding hydrogens is 562 g/mol. The summed E-state index contributed by atoms with van der Waals surface area (Å²) in [6, 6.07) is 19.7. The smallest absolute Gasteiger partial charge is 0.307 e. The van der Waals surface area contributed by atoms with Gasteiger partial charge in [0.25, 0.3) is 5.91 Å². The van der Waals surface area contributed by atoms with Crippen molar-refractivity contribution < 1.29 is 37.4 Å². The van der Waals surface area contributed by atoms with Gasteiger partial charge in [-0.1, -0.05) is 44.2 Å². The Morgan fingerprint density at radius 3 is 2.05 bits per heavy atom. The second-order valence-corrected chi connectivity index (χ2v) is 11.7. The third kappa shape index (κ3) is 10.1. The molecule has 0 saturated carbocycles. The highest BCUT2D eigenvalue weighted by molar-refractivity contribution is 7.89. The van der Waals surface area contributed by atoms with Gasteiger partial charge in [-0.2, -0.15) is 0 Å². The summed E-state index contributed by atoms with van der Waals surface area (Å²) in [6.07, 6.45) is 0.111. The molecule has 2 amide bonds. The van der Waals surface area contributed by atoms with E-state index in [9.17, 15) is 27.6 Å². The van der Waals surface area contributed by atoms with E-state index in [-0.39, 0.29) is 22.8 Å². The van der Waals surface area contributed by atoms with Crippen LogP contribution < -0.4 is 20.1 Å². The Morgan fingerprint density at radius 2 is 1.45 bits per heavy atom. The van der Waals surface area contributed by atoms with Crippen molar-refractivity contribution in [3.8, 4) is 11.5 Å². The van der Waals surface area contributed by atoms with Gasteiger partial charge in [-0.15, -0.1) is 0 Å². The standard InChI is InChI=1S/C30H33N3O8S/c1-20(2)16-27(33-29(37)22-10-8-21(9-11-22)17-28(35)36)30(38)31-18-23(34)19-32-42(39,40)26-14-12-25(13-15-26)41-24-6-4-3-5-7-24/h3-15,20,27,32H,16-19H2,1-2H3,(H,31,38)(H,33,37)(H,35,36)/t27-/m0/s1. The average molecular weight is 596 g/mol. The Bertz CT molecular complexity index is 1490. The molecule has 0 aromatic heterocycles. The van der Waals surface area contributed by atoms with Gasteiger partial charge in [0.1, 0.15) is 17.5 Å². The number of amides is 2. The number of para-hydroxylation sites is 1. The van der Waals surface area contributed by atoms with Crippen molar-refractivity contribution in [1.82, 2.24) is 15.4 Å². The number of rotatable bonds is 15. The molecule has 4 N–H and O–H groups in total. The van der Waals surface area contributed by atoms with Gasteiger partial charge in [-0.3, -0.25) is 19.2 Å². The highest BCUT2D eigenvalue weighted by Crippen LogP contribution is 2.22. The van der Waals surface area contributed by atoms with E-state index in [1.54, 1.807) is 12.1 Å². The summed E-state index contributed by atoms with van der Waals surface area (Å²) in [6.45, 7) is 2.75. The van der Waals surface area contributed by atoms with Crippen LogP contribution in [0.2, 0.25) is 0 Å². The molecule has 0 fully saturated rings. The lowest BCUT2D eigenvalue weighted by atomic mass is 10.0. The molecule has 1 atom stereocenters. The Labute approximate surface area is 244 Å². The lowest BCUT2D eigenvalue weighted by Crippen LogP contribution is -2.49. The molecule has 0 aliphatic rings. The summed E-state index contributed by atoms with van der Waals surface area (Å²) in [7, 11) is -4.00. The van der Waals surface area contributed by atoms with E-state index >= 15 is 0 Å². The molecule has 3 aromatic carbocycles. The van der Waals surface area contributed by atoms with Crippen LogP contribution in [-0.2, 0) is 30.8 Å². The number of sulfonamides is 1. The van der Waals surface area contributed by atoms with E-state index in [0.29, 0.717) is 23.5 Å². The monoisotopic (exact) mass is 595 g/mol. The number of carbonyl (C=O) groups excluding carboxylic acids is 3. The average Bonchev–Trinajstić information content (AvgIpc) is 2.95. The number of benzene rings is 3. The number of aliphatic carboxylic acids is 1.